The lowest BCUT2D eigenvalue weighted by Gasteiger charge is -2.20. The zero-order chi connectivity index (χ0) is 11.7. The average Bonchev–Trinajstić information content (AvgIpc) is 2.07. The van der Waals surface area contributed by atoms with Crippen LogP contribution in [0.25, 0.3) is 0 Å². The van der Waals surface area contributed by atoms with Gasteiger partial charge in [0, 0.05) is 5.54 Å². The number of hydrogen-bond donors (Lipinski definition) is 2. The summed E-state index contributed by atoms with van der Waals surface area (Å²) in [7, 11) is 0. The van der Waals surface area contributed by atoms with Crippen LogP contribution in [0, 0.1) is 5.92 Å². The van der Waals surface area contributed by atoms with Gasteiger partial charge in [-0.3, -0.25) is 0 Å². The van der Waals surface area contributed by atoms with Crippen LogP contribution in [-0.2, 0) is 0 Å². The highest BCUT2D eigenvalue weighted by Crippen LogP contribution is 2.01. The molecule has 2 heteroatoms. The highest BCUT2D eigenvalue weighted by molar-refractivity contribution is 4.69. The van der Waals surface area contributed by atoms with Crippen LogP contribution in [0.2, 0.25) is 0 Å². The van der Waals surface area contributed by atoms with Gasteiger partial charge < -0.3 is 10.6 Å². The standard InChI is InChI=1S/C13H30N2/c1-12(2)8-6-9-14-10-7-11-15-13(3,4)5/h12,14-15H,6-11H2,1-5H3. The smallest absolute Gasteiger partial charge is 0.00965 e. The molecule has 0 atom stereocenters. The molecule has 0 rings (SSSR count). The number of rotatable bonds is 8. The molecule has 0 saturated heterocycles. The molecular formula is C13H30N2. The first kappa shape index (κ1) is 14.9. The van der Waals surface area contributed by atoms with Gasteiger partial charge in [-0.15, -0.1) is 0 Å². The van der Waals surface area contributed by atoms with E-state index in [0.29, 0.717) is 0 Å². The quantitative estimate of drug-likeness (QED) is 0.607. The molecule has 0 fully saturated rings. The molecule has 0 aliphatic heterocycles. The summed E-state index contributed by atoms with van der Waals surface area (Å²) in [5.74, 6) is 0.842. The third kappa shape index (κ3) is 13.9. The van der Waals surface area contributed by atoms with Crippen molar-refractivity contribution in [3.05, 3.63) is 0 Å². The molecule has 2 nitrogen and oxygen atoms in total. The molecule has 2 N–H and O–H groups in total. The summed E-state index contributed by atoms with van der Waals surface area (Å²) in [6.45, 7) is 14.6. The molecule has 0 aromatic rings. The van der Waals surface area contributed by atoms with Gasteiger partial charge in [0.1, 0.15) is 0 Å². The van der Waals surface area contributed by atoms with Crippen LogP contribution < -0.4 is 10.6 Å². The van der Waals surface area contributed by atoms with Crippen molar-refractivity contribution >= 4 is 0 Å². The Hall–Kier alpha value is -0.0800. The zero-order valence-corrected chi connectivity index (χ0v) is 11.3. The van der Waals surface area contributed by atoms with E-state index in [1.165, 1.54) is 25.8 Å². The highest BCUT2D eigenvalue weighted by atomic mass is 14.9. The Morgan fingerprint density at radius 1 is 0.933 bits per heavy atom. The van der Waals surface area contributed by atoms with E-state index in [1.54, 1.807) is 0 Å². The Morgan fingerprint density at radius 2 is 1.53 bits per heavy atom. The Kier molecular flexibility index (Phi) is 8.07. The van der Waals surface area contributed by atoms with Gasteiger partial charge in [0.25, 0.3) is 0 Å². The summed E-state index contributed by atoms with van der Waals surface area (Å²) in [5, 5.41) is 6.98. The molecule has 15 heavy (non-hydrogen) atoms. The maximum Gasteiger partial charge on any atom is 0.00965 e. The van der Waals surface area contributed by atoms with Crippen molar-refractivity contribution in [1.82, 2.24) is 10.6 Å². The molecule has 0 radical (unpaired) electrons. The summed E-state index contributed by atoms with van der Waals surface area (Å²) < 4.78 is 0. The first-order valence-corrected chi connectivity index (χ1v) is 6.37. The van der Waals surface area contributed by atoms with Gasteiger partial charge in [-0.05, 0) is 65.6 Å². The summed E-state index contributed by atoms with van der Waals surface area (Å²) in [5.41, 5.74) is 0.262. The maximum atomic E-state index is 3.49. The van der Waals surface area contributed by atoms with Crippen molar-refractivity contribution in [3.63, 3.8) is 0 Å². The molecule has 0 spiro atoms. The Morgan fingerprint density at radius 3 is 2.07 bits per heavy atom. The lowest BCUT2D eigenvalue weighted by Crippen LogP contribution is -2.37. The minimum absolute atomic E-state index is 0.262. The van der Waals surface area contributed by atoms with Crippen molar-refractivity contribution in [2.24, 2.45) is 5.92 Å². The fourth-order valence-electron chi connectivity index (χ4n) is 1.44. The summed E-state index contributed by atoms with van der Waals surface area (Å²) >= 11 is 0. The van der Waals surface area contributed by atoms with E-state index in [4.69, 9.17) is 0 Å². The van der Waals surface area contributed by atoms with Crippen LogP contribution in [0.3, 0.4) is 0 Å². The van der Waals surface area contributed by atoms with E-state index in [1.807, 2.05) is 0 Å². The lowest BCUT2D eigenvalue weighted by molar-refractivity contribution is 0.417. The Labute approximate surface area is 96.2 Å². The third-order valence-electron chi connectivity index (χ3n) is 2.32. The van der Waals surface area contributed by atoms with Crippen molar-refractivity contribution < 1.29 is 0 Å². The molecule has 0 amide bonds. The predicted octanol–water partition coefficient (Wildman–Crippen LogP) is 2.79. The molecule has 0 aliphatic carbocycles. The van der Waals surface area contributed by atoms with Gasteiger partial charge in [0.2, 0.25) is 0 Å². The molecule has 92 valence electrons. The number of nitrogens with one attached hydrogen (secondary N) is 2. The Bertz CT molecular complexity index is 136. The van der Waals surface area contributed by atoms with E-state index in [-0.39, 0.29) is 5.54 Å². The van der Waals surface area contributed by atoms with Gasteiger partial charge in [-0.25, -0.2) is 0 Å². The van der Waals surface area contributed by atoms with E-state index in [2.05, 4.69) is 45.3 Å². The van der Waals surface area contributed by atoms with Gasteiger partial charge in [-0.2, -0.15) is 0 Å². The largest absolute Gasteiger partial charge is 0.317 e. The second kappa shape index (κ2) is 8.12. The maximum absolute atomic E-state index is 3.49. The van der Waals surface area contributed by atoms with Crippen molar-refractivity contribution in [2.75, 3.05) is 19.6 Å². The van der Waals surface area contributed by atoms with Crippen LogP contribution in [0.15, 0.2) is 0 Å². The van der Waals surface area contributed by atoms with Crippen molar-refractivity contribution in [3.8, 4) is 0 Å². The minimum Gasteiger partial charge on any atom is -0.317 e. The van der Waals surface area contributed by atoms with E-state index < -0.39 is 0 Å². The molecule has 0 heterocycles. The topological polar surface area (TPSA) is 24.1 Å². The molecule has 0 aromatic carbocycles. The van der Waals surface area contributed by atoms with E-state index in [0.717, 1.165) is 19.0 Å². The van der Waals surface area contributed by atoms with Crippen LogP contribution in [0.5, 0.6) is 0 Å². The van der Waals surface area contributed by atoms with Gasteiger partial charge in [0.05, 0.1) is 0 Å². The van der Waals surface area contributed by atoms with Crippen LogP contribution in [-0.4, -0.2) is 25.2 Å². The zero-order valence-electron chi connectivity index (χ0n) is 11.3. The normalized spacial score (nSPS) is 12.4. The van der Waals surface area contributed by atoms with E-state index >= 15 is 0 Å². The van der Waals surface area contributed by atoms with E-state index in [9.17, 15) is 0 Å². The molecule has 0 aromatic heterocycles. The second-order valence-corrected chi connectivity index (χ2v) is 5.82. The Balaban J connectivity index is 3.06. The minimum atomic E-state index is 0.262. The molecule has 0 unspecified atom stereocenters. The predicted molar refractivity (Wildman–Crippen MR) is 69.3 cm³/mol. The fourth-order valence-corrected chi connectivity index (χ4v) is 1.44. The third-order valence-corrected chi connectivity index (χ3v) is 2.32. The summed E-state index contributed by atoms with van der Waals surface area (Å²) in [4.78, 5) is 0. The first-order valence-electron chi connectivity index (χ1n) is 6.37. The summed E-state index contributed by atoms with van der Waals surface area (Å²) in [6, 6.07) is 0. The molecular weight excluding hydrogens is 184 g/mol. The lowest BCUT2D eigenvalue weighted by atomic mass is 10.1. The molecule has 0 saturated carbocycles. The van der Waals surface area contributed by atoms with Gasteiger partial charge in [0.15, 0.2) is 0 Å². The fraction of sp³-hybridized carbons (Fsp3) is 1.00. The van der Waals surface area contributed by atoms with Crippen molar-refractivity contribution in [1.29, 1.82) is 0 Å². The van der Waals surface area contributed by atoms with Crippen LogP contribution in [0.4, 0.5) is 0 Å². The highest BCUT2D eigenvalue weighted by Gasteiger charge is 2.06. The SMILES string of the molecule is CC(C)CCCNCCCNC(C)(C)C. The molecule has 0 aliphatic rings. The second-order valence-electron chi connectivity index (χ2n) is 5.82. The number of hydrogen-bond acceptors (Lipinski definition) is 2. The molecule has 0 bridgehead atoms. The first-order chi connectivity index (χ1) is 6.92. The summed E-state index contributed by atoms with van der Waals surface area (Å²) in [6.07, 6.45) is 3.87. The van der Waals surface area contributed by atoms with Crippen molar-refractivity contribution in [2.45, 2.75) is 59.4 Å². The van der Waals surface area contributed by atoms with Crippen LogP contribution >= 0.6 is 0 Å². The average molecular weight is 214 g/mol. The van der Waals surface area contributed by atoms with Gasteiger partial charge in [-0.1, -0.05) is 13.8 Å². The monoisotopic (exact) mass is 214 g/mol. The van der Waals surface area contributed by atoms with Crippen LogP contribution in [0.1, 0.15) is 53.9 Å². The van der Waals surface area contributed by atoms with Gasteiger partial charge >= 0.3 is 0 Å².